The number of aliphatic hydroxyl groups is 2. The fraction of sp³-hybridized carbons (Fsp3) is 0.737. The van der Waals surface area contributed by atoms with E-state index in [0.29, 0.717) is 13.1 Å². The van der Waals surface area contributed by atoms with Gasteiger partial charge in [0.05, 0.1) is 5.38 Å². The van der Waals surface area contributed by atoms with Crippen LogP contribution in [0.3, 0.4) is 0 Å². The summed E-state index contributed by atoms with van der Waals surface area (Å²) in [6.07, 6.45) is 0.363. The van der Waals surface area contributed by atoms with E-state index in [2.05, 4.69) is 0 Å². The molecule has 8 nitrogen and oxygen atoms in total. The van der Waals surface area contributed by atoms with Gasteiger partial charge < -0.3 is 24.6 Å². The molecule has 2 N–H and O–H groups in total. The number of halogens is 1. The van der Waals surface area contributed by atoms with Gasteiger partial charge in [-0.1, -0.05) is 13.0 Å². The number of ether oxygens (including phenoxy) is 2. The Morgan fingerprint density at radius 2 is 1.93 bits per heavy atom. The molecule has 0 radical (unpaired) electrons. The van der Waals surface area contributed by atoms with Gasteiger partial charge in [0.2, 0.25) is 5.78 Å². The molecule has 0 unspecified atom stereocenters. The quantitative estimate of drug-likeness (QED) is 0.466. The molecule has 9 heteroatoms. The molecule has 28 heavy (non-hydrogen) atoms. The summed E-state index contributed by atoms with van der Waals surface area (Å²) in [4.78, 5) is 40.0. The summed E-state index contributed by atoms with van der Waals surface area (Å²) in [5, 5.41) is 20.5. The van der Waals surface area contributed by atoms with Crippen molar-refractivity contribution >= 4 is 29.3 Å². The fourth-order valence-electron chi connectivity index (χ4n) is 3.17. The molecule has 0 aromatic heterocycles. The maximum absolute atomic E-state index is 12.8. The lowest BCUT2D eigenvalue weighted by Crippen LogP contribution is -2.54. The van der Waals surface area contributed by atoms with Gasteiger partial charge >= 0.3 is 11.9 Å². The van der Waals surface area contributed by atoms with Crippen LogP contribution in [0.25, 0.3) is 0 Å². The van der Waals surface area contributed by atoms with Crippen molar-refractivity contribution in [1.82, 2.24) is 4.90 Å². The van der Waals surface area contributed by atoms with Gasteiger partial charge in [-0.15, -0.1) is 11.6 Å². The zero-order chi connectivity index (χ0) is 21.3. The van der Waals surface area contributed by atoms with Crippen LogP contribution in [0.2, 0.25) is 0 Å². The first-order valence-corrected chi connectivity index (χ1v) is 9.72. The van der Waals surface area contributed by atoms with E-state index < -0.39 is 46.3 Å². The van der Waals surface area contributed by atoms with Crippen molar-refractivity contribution in [2.75, 3.05) is 26.7 Å². The summed E-state index contributed by atoms with van der Waals surface area (Å²) in [7, 11) is 1.83. The molecule has 0 aromatic carbocycles. The zero-order valence-electron chi connectivity index (χ0n) is 16.6. The molecule has 158 valence electrons. The minimum atomic E-state index is -2.19. The van der Waals surface area contributed by atoms with Gasteiger partial charge in [-0.3, -0.25) is 4.79 Å². The fourth-order valence-corrected chi connectivity index (χ4v) is 3.35. The highest BCUT2D eigenvalue weighted by Crippen LogP contribution is 2.33. The van der Waals surface area contributed by atoms with Crippen LogP contribution in [0.5, 0.6) is 0 Å². The van der Waals surface area contributed by atoms with E-state index in [9.17, 15) is 24.6 Å². The van der Waals surface area contributed by atoms with E-state index in [1.54, 1.807) is 6.08 Å². The summed E-state index contributed by atoms with van der Waals surface area (Å²) in [5.41, 5.74) is -4.02. The number of hydrogen-bond donors (Lipinski definition) is 2. The number of rotatable bonds is 1. The van der Waals surface area contributed by atoms with Crippen molar-refractivity contribution in [3.05, 3.63) is 11.6 Å². The van der Waals surface area contributed by atoms with Gasteiger partial charge in [-0.2, -0.15) is 0 Å². The number of nitrogens with zero attached hydrogens (tertiary/aromatic N) is 1. The maximum Gasteiger partial charge on any atom is 0.340 e. The third kappa shape index (κ3) is 4.56. The Hall–Kier alpha value is -1.48. The third-order valence-electron chi connectivity index (χ3n) is 5.64. The normalized spacial score (nSPS) is 37.4. The van der Waals surface area contributed by atoms with Gasteiger partial charge in [0, 0.05) is 25.1 Å². The number of esters is 2. The second-order valence-corrected chi connectivity index (χ2v) is 8.56. The highest BCUT2D eigenvalue weighted by atomic mass is 35.5. The van der Waals surface area contributed by atoms with Crippen LogP contribution in [0.1, 0.15) is 33.6 Å². The van der Waals surface area contributed by atoms with Crippen molar-refractivity contribution in [3.63, 3.8) is 0 Å². The SMILES string of the molecule is C[C@@H]1C[C@@](O)([C@@H](C)Cl)C(=O)O[C@@H]2CCN(C)CC=C(COC(=O)[C@]1(C)O)C2=O. The molecule has 0 aliphatic carbocycles. The molecule has 2 rings (SSSR count). The molecular weight excluding hydrogens is 390 g/mol. The van der Waals surface area contributed by atoms with E-state index in [1.807, 2.05) is 11.9 Å². The molecule has 2 bridgehead atoms. The van der Waals surface area contributed by atoms with Crippen LogP contribution in [-0.2, 0) is 23.9 Å². The Labute approximate surface area is 169 Å². The second-order valence-electron chi connectivity index (χ2n) is 7.91. The lowest BCUT2D eigenvalue weighted by Gasteiger charge is -2.37. The number of alkyl halides is 1. The molecule has 2 aliphatic rings. The minimum absolute atomic E-state index is 0.171. The molecular formula is C19H28ClNO7. The first kappa shape index (κ1) is 22.8. The van der Waals surface area contributed by atoms with Crippen LogP contribution in [0.4, 0.5) is 0 Å². The first-order chi connectivity index (χ1) is 12.9. The average molecular weight is 418 g/mol. The van der Waals surface area contributed by atoms with Crippen LogP contribution >= 0.6 is 11.6 Å². The van der Waals surface area contributed by atoms with E-state index in [4.69, 9.17) is 21.1 Å². The number of ketones is 1. The summed E-state index contributed by atoms with van der Waals surface area (Å²) < 4.78 is 10.6. The smallest absolute Gasteiger partial charge is 0.340 e. The molecule has 2 aliphatic heterocycles. The van der Waals surface area contributed by atoms with E-state index in [0.717, 1.165) is 0 Å². The Morgan fingerprint density at radius 3 is 2.54 bits per heavy atom. The molecule has 2 heterocycles. The van der Waals surface area contributed by atoms with Crippen LogP contribution in [-0.4, -0.2) is 82.3 Å². The monoisotopic (exact) mass is 417 g/mol. The molecule has 1 saturated heterocycles. The second kappa shape index (κ2) is 8.49. The molecule has 0 aromatic rings. The number of likely N-dealkylation sites (N-methyl/N-ethyl adjacent to an activating group) is 1. The van der Waals surface area contributed by atoms with Gasteiger partial charge in [0.15, 0.2) is 17.3 Å². The number of cyclic esters (lactones) is 1. The number of Topliss-reactive ketones (excluding diaryl/α,β-unsaturated/α-hetero) is 1. The Kier molecular flexibility index (Phi) is 6.91. The lowest BCUT2D eigenvalue weighted by atomic mass is 9.79. The maximum atomic E-state index is 12.8. The summed E-state index contributed by atoms with van der Waals surface area (Å²) in [6.45, 7) is 4.76. The van der Waals surface area contributed by atoms with Crippen molar-refractivity contribution < 1.29 is 34.1 Å². The van der Waals surface area contributed by atoms with Gasteiger partial charge in [0.25, 0.3) is 0 Å². The van der Waals surface area contributed by atoms with E-state index in [-0.39, 0.29) is 25.0 Å². The number of fused-ring (bicyclic) bond motifs is 2. The Bertz CT molecular complexity index is 675. The van der Waals surface area contributed by atoms with Crippen molar-refractivity contribution in [2.45, 2.75) is 56.3 Å². The van der Waals surface area contributed by atoms with Gasteiger partial charge in [-0.05, 0) is 33.2 Å². The van der Waals surface area contributed by atoms with Crippen molar-refractivity contribution in [1.29, 1.82) is 0 Å². The Balaban J connectivity index is 2.50. The number of hydrogen-bond acceptors (Lipinski definition) is 8. The zero-order valence-corrected chi connectivity index (χ0v) is 17.4. The summed E-state index contributed by atoms with van der Waals surface area (Å²) >= 11 is 6.08. The number of carbonyl (C=O) groups excluding carboxylic acids is 3. The first-order valence-electron chi connectivity index (χ1n) is 9.28. The van der Waals surface area contributed by atoms with Gasteiger partial charge in [0.1, 0.15) is 6.61 Å². The minimum Gasteiger partial charge on any atom is -0.459 e. The van der Waals surface area contributed by atoms with Crippen molar-refractivity contribution in [3.8, 4) is 0 Å². The highest BCUT2D eigenvalue weighted by Gasteiger charge is 2.50. The third-order valence-corrected chi connectivity index (χ3v) is 6.00. The highest BCUT2D eigenvalue weighted by molar-refractivity contribution is 6.23. The standard InChI is InChI=1S/C19H28ClNO7/c1-11-9-19(26,12(2)20)17(24)28-14-6-8-21(4)7-5-13(15(14)22)10-27-16(23)18(11,3)25/h5,11-12,14,25-26H,6-10H2,1-4H3/t11-,12-,14-,18-,19-/m1/s1. The topological polar surface area (TPSA) is 113 Å². The van der Waals surface area contributed by atoms with E-state index in [1.165, 1.54) is 20.8 Å². The lowest BCUT2D eigenvalue weighted by molar-refractivity contribution is -0.183. The molecule has 0 spiro atoms. The predicted octanol–water partition coefficient (Wildman–Crippen LogP) is 0.422. The predicted molar refractivity (Wildman–Crippen MR) is 101 cm³/mol. The summed E-state index contributed by atoms with van der Waals surface area (Å²) in [6, 6.07) is 0. The molecule has 1 fully saturated rings. The van der Waals surface area contributed by atoms with Crippen LogP contribution in [0, 0.1) is 5.92 Å². The average Bonchev–Trinajstić information content (AvgIpc) is 2.61. The molecule has 0 amide bonds. The van der Waals surface area contributed by atoms with Gasteiger partial charge in [-0.25, -0.2) is 9.59 Å². The Morgan fingerprint density at radius 1 is 1.29 bits per heavy atom. The van der Waals surface area contributed by atoms with Crippen molar-refractivity contribution in [2.24, 2.45) is 5.92 Å². The largest absolute Gasteiger partial charge is 0.459 e. The number of carbonyl (C=O) groups is 3. The summed E-state index contributed by atoms with van der Waals surface area (Å²) in [5.74, 6) is -3.36. The van der Waals surface area contributed by atoms with Crippen LogP contribution in [0.15, 0.2) is 11.6 Å². The van der Waals surface area contributed by atoms with Crippen LogP contribution < -0.4 is 0 Å². The van der Waals surface area contributed by atoms with E-state index >= 15 is 0 Å². The molecule has 5 atom stereocenters. The molecule has 0 saturated carbocycles.